The summed E-state index contributed by atoms with van der Waals surface area (Å²) in [5.41, 5.74) is 3.24. The Hall–Kier alpha value is -6.16. The number of nitrogens with one attached hydrogen (secondary N) is 1. The zero-order valence-corrected chi connectivity index (χ0v) is 35.3. The van der Waals surface area contributed by atoms with Crippen molar-refractivity contribution < 1.29 is 33.5 Å². The first-order valence-corrected chi connectivity index (χ1v) is 21.8. The predicted octanol–water partition coefficient (Wildman–Crippen LogP) is 4.53. The van der Waals surface area contributed by atoms with Gasteiger partial charge in [0, 0.05) is 62.3 Å². The van der Waals surface area contributed by atoms with Gasteiger partial charge >= 0.3 is 0 Å². The molecule has 1 unspecified atom stereocenters. The number of imide groups is 2. The standard InChI is InChI=1S/C46H52N8O8/c1-28-35-26-48-38(49-42(35)53(31-10-6-7-11-31)45(60)40(28)29(2)55)24-30-15-16-32(25-47-30)52-22-20-51(21-23-52)19-8-4-3-5-12-33(56)27-62-37-14-9-13-34-41(37)46(61)54(44(34)59)36-17-18-39(57)50-43(36)58/h9,13-16,25-26,31,36H,3-8,10-12,17-24,27H2,1-2H3,(H,50,57,58). The van der Waals surface area contributed by atoms with Gasteiger partial charge < -0.3 is 9.64 Å². The maximum atomic E-state index is 13.6. The molecule has 1 aromatic carbocycles. The van der Waals surface area contributed by atoms with Crippen LogP contribution in [0.3, 0.4) is 0 Å². The highest BCUT2D eigenvalue weighted by molar-refractivity contribution is 6.24. The molecular formula is C46H52N8O8. The van der Waals surface area contributed by atoms with Gasteiger partial charge in [0.25, 0.3) is 17.4 Å². The molecule has 1 atom stereocenters. The van der Waals surface area contributed by atoms with Crippen molar-refractivity contribution in [3.63, 3.8) is 0 Å². The number of fused-ring (bicyclic) bond motifs is 2. The van der Waals surface area contributed by atoms with Crippen molar-refractivity contribution in [3.05, 3.63) is 86.9 Å². The first-order valence-electron chi connectivity index (χ1n) is 21.8. The first kappa shape index (κ1) is 42.5. The molecule has 3 fully saturated rings. The summed E-state index contributed by atoms with van der Waals surface area (Å²) < 4.78 is 7.49. The molecule has 4 aromatic rings. The molecule has 4 amide bonds. The zero-order valence-electron chi connectivity index (χ0n) is 35.3. The van der Waals surface area contributed by atoms with E-state index in [1.54, 1.807) is 23.8 Å². The number of hydrogen-bond acceptors (Lipinski definition) is 13. The number of piperidine rings is 1. The fraction of sp³-hybridized carbons (Fsp3) is 0.478. The summed E-state index contributed by atoms with van der Waals surface area (Å²) in [7, 11) is 0. The predicted molar refractivity (Wildman–Crippen MR) is 228 cm³/mol. The molecule has 6 heterocycles. The molecule has 16 nitrogen and oxygen atoms in total. The third-order valence-electron chi connectivity index (χ3n) is 12.7. The summed E-state index contributed by atoms with van der Waals surface area (Å²) in [6.45, 7) is 7.67. The molecule has 1 saturated carbocycles. The number of aromatic nitrogens is 4. The van der Waals surface area contributed by atoms with Gasteiger partial charge in [-0.25, -0.2) is 9.97 Å². The van der Waals surface area contributed by atoms with E-state index in [-0.39, 0.29) is 65.1 Å². The number of benzene rings is 1. The lowest BCUT2D eigenvalue weighted by Gasteiger charge is -2.36. The van der Waals surface area contributed by atoms with Gasteiger partial charge in [0.15, 0.2) is 11.6 Å². The summed E-state index contributed by atoms with van der Waals surface area (Å²) in [6.07, 6.45) is 12.0. The van der Waals surface area contributed by atoms with Crippen molar-refractivity contribution in [2.24, 2.45) is 0 Å². The molecule has 324 valence electrons. The van der Waals surface area contributed by atoms with Crippen LogP contribution in [-0.2, 0) is 20.8 Å². The lowest BCUT2D eigenvalue weighted by Crippen LogP contribution is -2.54. The Kier molecular flexibility index (Phi) is 12.7. The van der Waals surface area contributed by atoms with E-state index in [0.717, 1.165) is 106 Å². The number of carbonyl (C=O) groups excluding carboxylic acids is 6. The van der Waals surface area contributed by atoms with E-state index in [0.29, 0.717) is 29.9 Å². The number of unbranched alkanes of at least 4 members (excludes halogenated alkanes) is 3. The molecule has 1 aliphatic carbocycles. The minimum absolute atomic E-state index is 0.0280. The Morgan fingerprint density at radius 3 is 2.37 bits per heavy atom. The molecule has 3 aliphatic heterocycles. The van der Waals surface area contributed by atoms with Crippen molar-refractivity contribution in [1.29, 1.82) is 0 Å². The van der Waals surface area contributed by atoms with E-state index >= 15 is 0 Å². The number of amides is 4. The number of ether oxygens (including phenoxy) is 1. The Morgan fingerprint density at radius 1 is 0.871 bits per heavy atom. The minimum atomic E-state index is -1.07. The SMILES string of the molecule is CC(=O)c1c(C)c2cnc(Cc3ccc(N4CCN(CCCCCCC(=O)COc5cccc6c5C(=O)N(C5CCC(=O)NC5=O)C6=O)CC4)cn3)nc2n(C2CCCC2)c1=O. The quantitative estimate of drug-likeness (QED) is 0.0941. The lowest BCUT2D eigenvalue weighted by molar-refractivity contribution is -0.136. The summed E-state index contributed by atoms with van der Waals surface area (Å²) >= 11 is 0. The normalized spacial score (nSPS) is 18.5. The van der Waals surface area contributed by atoms with Gasteiger partial charge in [0.1, 0.15) is 29.9 Å². The van der Waals surface area contributed by atoms with Gasteiger partial charge in [0.2, 0.25) is 11.8 Å². The number of anilines is 1. The second kappa shape index (κ2) is 18.4. The van der Waals surface area contributed by atoms with Crippen LogP contribution in [0, 0.1) is 6.92 Å². The zero-order chi connectivity index (χ0) is 43.5. The van der Waals surface area contributed by atoms with Gasteiger partial charge in [0.05, 0.1) is 35.0 Å². The van der Waals surface area contributed by atoms with Crippen LogP contribution < -0.4 is 20.5 Å². The molecule has 2 saturated heterocycles. The van der Waals surface area contributed by atoms with Gasteiger partial charge in [-0.3, -0.25) is 58.2 Å². The molecule has 62 heavy (non-hydrogen) atoms. The fourth-order valence-electron chi connectivity index (χ4n) is 9.31. The molecule has 8 rings (SSSR count). The number of Topliss-reactive ketones (excluding diaryl/α,β-unsaturated/α-hetero) is 2. The average molecular weight is 845 g/mol. The van der Waals surface area contributed by atoms with Crippen LogP contribution in [0.4, 0.5) is 5.69 Å². The number of pyridine rings is 2. The van der Waals surface area contributed by atoms with Gasteiger partial charge in [-0.05, 0) is 82.3 Å². The largest absolute Gasteiger partial charge is 0.485 e. The second-order valence-corrected chi connectivity index (χ2v) is 16.8. The number of aryl methyl sites for hydroxylation is 1. The molecule has 0 bridgehead atoms. The number of ketones is 2. The van der Waals surface area contributed by atoms with E-state index < -0.39 is 29.7 Å². The van der Waals surface area contributed by atoms with Crippen LogP contribution in [0.2, 0.25) is 0 Å². The summed E-state index contributed by atoms with van der Waals surface area (Å²) in [6, 6.07) is 7.65. The van der Waals surface area contributed by atoms with Crippen molar-refractivity contribution in [1.82, 2.24) is 34.6 Å². The van der Waals surface area contributed by atoms with Crippen molar-refractivity contribution in [2.75, 3.05) is 44.2 Å². The van der Waals surface area contributed by atoms with Crippen LogP contribution in [-0.4, -0.2) is 110 Å². The number of hydrogen-bond donors (Lipinski definition) is 1. The lowest BCUT2D eigenvalue weighted by atomic mass is 10.0. The minimum Gasteiger partial charge on any atom is -0.485 e. The molecule has 1 N–H and O–H groups in total. The third kappa shape index (κ3) is 8.78. The molecule has 0 spiro atoms. The summed E-state index contributed by atoms with van der Waals surface area (Å²) in [5.74, 6) is -2.05. The summed E-state index contributed by atoms with van der Waals surface area (Å²) in [4.78, 5) is 109. The van der Waals surface area contributed by atoms with Crippen LogP contribution in [0.1, 0.15) is 132 Å². The smallest absolute Gasteiger partial charge is 0.266 e. The van der Waals surface area contributed by atoms with Crippen LogP contribution in [0.25, 0.3) is 11.0 Å². The molecule has 3 aromatic heterocycles. The Bertz CT molecular complexity index is 2490. The van der Waals surface area contributed by atoms with E-state index in [1.807, 2.05) is 12.3 Å². The van der Waals surface area contributed by atoms with Gasteiger partial charge in [-0.15, -0.1) is 0 Å². The highest BCUT2D eigenvalue weighted by Crippen LogP contribution is 2.34. The highest BCUT2D eigenvalue weighted by Gasteiger charge is 2.46. The maximum Gasteiger partial charge on any atom is 0.266 e. The topological polar surface area (TPSA) is 194 Å². The second-order valence-electron chi connectivity index (χ2n) is 16.8. The third-order valence-corrected chi connectivity index (χ3v) is 12.7. The number of piperazine rings is 1. The first-order chi connectivity index (χ1) is 30.0. The highest BCUT2D eigenvalue weighted by atomic mass is 16.5. The number of nitrogens with zero attached hydrogens (tertiary/aromatic N) is 7. The van der Waals surface area contributed by atoms with Crippen molar-refractivity contribution in [2.45, 2.75) is 103 Å². The monoisotopic (exact) mass is 844 g/mol. The Labute approximate surface area is 359 Å². The van der Waals surface area contributed by atoms with Crippen molar-refractivity contribution >= 4 is 51.9 Å². The fourth-order valence-corrected chi connectivity index (χ4v) is 9.31. The number of rotatable bonds is 16. The Morgan fingerprint density at radius 2 is 1.65 bits per heavy atom. The van der Waals surface area contributed by atoms with Gasteiger partial charge in [-0.2, -0.15) is 0 Å². The molecule has 0 radical (unpaired) electrons. The average Bonchev–Trinajstić information content (AvgIpc) is 3.88. The van der Waals surface area contributed by atoms with Crippen LogP contribution in [0.15, 0.2) is 47.5 Å². The van der Waals surface area contributed by atoms with E-state index in [4.69, 9.17) is 14.7 Å². The van der Waals surface area contributed by atoms with Crippen LogP contribution in [0.5, 0.6) is 5.75 Å². The molecule has 16 heteroatoms. The maximum absolute atomic E-state index is 13.6. The van der Waals surface area contributed by atoms with Crippen LogP contribution >= 0.6 is 0 Å². The van der Waals surface area contributed by atoms with Crippen molar-refractivity contribution in [3.8, 4) is 5.75 Å². The molecular weight excluding hydrogens is 793 g/mol. The van der Waals surface area contributed by atoms with Gasteiger partial charge in [-0.1, -0.05) is 31.7 Å². The molecule has 4 aliphatic rings. The number of carbonyl (C=O) groups is 6. The summed E-state index contributed by atoms with van der Waals surface area (Å²) in [5, 5.41) is 2.92. The van der Waals surface area contributed by atoms with E-state index in [9.17, 15) is 33.6 Å². The van der Waals surface area contributed by atoms with E-state index in [1.165, 1.54) is 19.1 Å². The Balaban J connectivity index is 0.750. The van der Waals surface area contributed by atoms with E-state index in [2.05, 4.69) is 26.2 Å².